The normalized spacial score (nSPS) is 13.2. The van der Waals surface area contributed by atoms with Gasteiger partial charge in [0.15, 0.2) is 0 Å². The predicted molar refractivity (Wildman–Crippen MR) is 156 cm³/mol. The molecule has 0 saturated carbocycles. The Morgan fingerprint density at radius 3 is 1.94 bits per heavy atom. The quantitative estimate of drug-likeness (QED) is 0.263. The standard InChI is InChI=1S/C32H27BNP/c1-24-23-34(2)30-20-12-11-19-29(30)33(24)32-28-18-10-9-13-25(28)21-22-31(32)35(26-14-5-3-6-15-26)27-16-7-4-8-17-27/h3-23H,1-2H3. The number of fused-ring (bicyclic) bond motifs is 2. The van der Waals surface area contributed by atoms with Gasteiger partial charge >= 0.3 is 0 Å². The highest BCUT2D eigenvalue weighted by atomic mass is 31.1. The van der Waals surface area contributed by atoms with Gasteiger partial charge in [-0.05, 0) is 59.3 Å². The first-order valence-corrected chi connectivity index (χ1v) is 13.5. The van der Waals surface area contributed by atoms with Gasteiger partial charge in [-0.2, -0.15) is 0 Å². The van der Waals surface area contributed by atoms with E-state index < -0.39 is 7.92 Å². The van der Waals surface area contributed by atoms with Crippen LogP contribution in [0.5, 0.6) is 0 Å². The van der Waals surface area contributed by atoms with Crippen molar-refractivity contribution in [3.63, 3.8) is 0 Å². The third-order valence-electron chi connectivity index (χ3n) is 6.99. The topological polar surface area (TPSA) is 3.24 Å². The molecule has 0 unspecified atom stereocenters. The second-order valence-electron chi connectivity index (χ2n) is 9.20. The third kappa shape index (κ3) is 3.89. The van der Waals surface area contributed by atoms with Gasteiger partial charge in [0, 0.05) is 12.7 Å². The van der Waals surface area contributed by atoms with E-state index in [9.17, 15) is 0 Å². The molecule has 1 heterocycles. The SMILES string of the molecule is CC1=CN(C)c2ccccc2B1c1c(P(c2ccccc2)c2ccccc2)ccc2ccccc12. The van der Waals surface area contributed by atoms with Crippen LogP contribution >= 0.6 is 7.92 Å². The predicted octanol–water partition coefficient (Wildman–Crippen LogP) is 5.10. The molecule has 0 amide bonds. The first kappa shape index (κ1) is 21.9. The van der Waals surface area contributed by atoms with Gasteiger partial charge in [-0.25, -0.2) is 0 Å². The van der Waals surface area contributed by atoms with Crippen LogP contribution in [0.1, 0.15) is 6.92 Å². The van der Waals surface area contributed by atoms with Crippen molar-refractivity contribution >= 4 is 57.9 Å². The Labute approximate surface area is 209 Å². The monoisotopic (exact) mass is 467 g/mol. The zero-order chi connectivity index (χ0) is 23.8. The molecule has 3 heteroatoms. The third-order valence-corrected chi connectivity index (χ3v) is 9.49. The minimum Gasteiger partial charge on any atom is -0.352 e. The van der Waals surface area contributed by atoms with E-state index >= 15 is 0 Å². The molecule has 0 aliphatic carbocycles. The maximum Gasteiger partial charge on any atom is 0.242 e. The Balaban J connectivity index is 1.69. The fourth-order valence-corrected chi connectivity index (χ4v) is 8.00. The smallest absolute Gasteiger partial charge is 0.242 e. The van der Waals surface area contributed by atoms with Gasteiger partial charge in [0.05, 0.1) is 0 Å². The van der Waals surface area contributed by atoms with Crippen molar-refractivity contribution in [2.75, 3.05) is 11.9 Å². The number of hydrogen-bond acceptors (Lipinski definition) is 1. The zero-order valence-electron chi connectivity index (χ0n) is 20.1. The largest absolute Gasteiger partial charge is 0.352 e. The Morgan fingerprint density at radius 2 is 1.23 bits per heavy atom. The lowest BCUT2D eigenvalue weighted by atomic mass is 9.35. The summed E-state index contributed by atoms with van der Waals surface area (Å²) >= 11 is 0. The molecule has 1 nitrogen and oxygen atoms in total. The Hall–Kier alpha value is -3.61. The van der Waals surface area contributed by atoms with Crippen LogP contribution in [0.25, 0.3) is 10.8 Å². The van der Waals surface area contributed by atoms with Crippen LogP contribution in [0.15, 0.2) is 133 Å². The summed E-state index contributed by atoms with van der Waals surface area (Å²) in [5.41, 5.74) is 5.48. The zero-order valence-corrected chi connectivity index (χ0v) is 21.0. The molecule has 0 saturated heterocycles. The van der Waals surface area contributed by atoms with Gasteiger partial charge in [-0.3, -0.25) is 0 Å². The Morgan fingerprint density at radius 1 is 0.629 bits per heavy atom. The second-order valence-corrected chi connectivity index (χ2v) is 11.4. The van der Waals surface area contributed by atoms with Crippen LogP contribution in [0, 0.1) is 0 Å². The van der Waals surface area contributed by atoms with Gasteiger partial charge in [-0.1, -0.05) is 126 Å². The van der Waals surface area contributed by atoms with E-state index in [1.54, 1.807) is 0 Å². The Kier molecular flexibility index (Phi) is 5.76. The summed E-state index contributed by atoms with van der Waals surface area (Å²) in [6.45, 7) is 2.50. The van der Waals surface area contributed by atoms with E-state index in [4.69, 9.17) is 0 Å². The second kappa shape index (κ2) is 9.21. The highest BCUT2D eigenvalue weighted by Crippen LogP contribution is 2.34. The minimum atomic E-state index is -0.725. The number of allylic oxidation sites excluding steroid dienone is 1. The van der Waals surface area contributed by atoms with E-state index in [2.05, 4.69) is 146 Å². The number of para-hydroxylation sites is 1. The van der Waals surface area contributed by atoms with Gasteiger partial charge in [-0.15, -0.1) is 0 Å². The summed E-state index contributed by atoms with van der Waals surface area (Å²) in [6.07, 6.45) is 2.31. The minimum absolute atomic E-state index is 0.209. The summed E-state index contributed by atoms with van der Waals surface area (Å²) < 4.78 is 0. The summed E-state index contributed by atoms with van der Waals surface area (Å²) in [5.74, 6) is 0. The van der Waals surface area contributed by atoms with Crippen molar-refractivity contribution in [2.24, 2.45) is 0 Å². The summed E-state index contributed by atoms with van der Waals surface area (Å²) in [6, 6.07) is 44.6. The van der Waals surface area contributed by atoms with E-state index in [0.29, 0.717) is 0 Å². The van der Waals surface area contributed by atoms with Crippen LogP contribution < -0.4 is 31.7 Å². The van der Waals surface area contributed by atoms with Crippen LogP contribution in [-0.4, -0.2) is 13.8 Å². The highest BCUT2D eigenvalue weighted by Gasteiger charge is 2.34. The number of rotatable bonds is 4. The molecular formula is C32H27BNP. The maximum atomic E-state index is 2.40. The van der Waals surface area contributed by atoms with E-state index in [1.807, 2.05) is 0 Å². The molecule has 1 aliphatic rings. The molecular weight excluding hydrogens is 440 g/mol. The molecule has 5 aromatic carbocycles. The van der Waals surface area contributed by atoms with Gasteiger partial charge in [0.25, 0.3) is 0 Å². The van der Waals surface area contributed by atoms with E-state index in [1.165, 1.54) is 48.8 Å². The summed E-state index contributed by atoms with van der Waals surface area (Å²) in [7, 11) is 1.43. The Bertz CT molecular complexity index is 1490. The molecule has 0 N–H and O–H groups in total. The molecule has 35 heavy (non-hydrogen) atoms. The first-order chi connectivity index (χ1) is 17.2. The molecule has 168 valence electrons. The van der Waals surface area contributed by atoms with Crippen LogP contribution in [-0.2, 0) is 0 Å². The molecule has 0 spiro atoms. The van der Waals surface area contributed by atoms with Crippen molar-refractivity contribution < 1.29 is 0 Å². The van der Waals surface area contributed by atoms with Gasteiger partial charge in [0.1, 0.15) is 0 Å². The average molecular weight is 467 g/mol. The summed E-state index contributed by atoms with van der Waals surface area (Å²) in [5, 5.41) is 6.85. The molecule has 0 aromatic heterocycles. The lowest BCUT2D eigenvalue weighted by Gasteiger charge is -2.33. The van der Waals surface area contributed by atoms with Crippen LogP contribution in [0.4, 0.5) is 5.69 Å². The number of anilines is 1. The van der Waals surface area contributed by atoms with Crippen molar-refractivity contribution in [3.05, 3.63) is 133 Å². The number of hydrogen-bond donors (Lipinski definition) is 0. The van der Waals surface area contributed by atoms with Crippen molar-refractivity contribution in [2.45, 2.75) is 6.92 Å². The fraction of sp³-hybridized carbons (Fsp3) is 0.0625. The lowest BCUT2D eigenvalue weighted by molar-refractivity contribution is 1.19. The number of nitrogens with zero attached hydrogens (tertiary/aromatic N) is 1. The molecule has 0 radical (unpaired) electrons. The van der Waals surface area contributed by atoms with E-state index in [0.717, 1.165) is 0 Å². The first-order valence-electron chi connectivity index (χ1n) is 12.1. The van der Waals surface area contributed by atoms with Gasteiger partial charge < -0.3 is 4.90 Å². The lowest BCUT2D eigenvalue weighted by Crippen LogP contribution is -2.54. The fourth-order valence-electron chi connectivity index (χ4n) is 5.49. The van der Waals surface area contributed by atoms with E-state index in [-0.39, 0.29) is 6.71 Å². The molecule has 1 aliphatic heterocycles. The highest BCUT2D eigenvalue weighted by molar-refractivity contribution is 7.80. The van der Waals surface area contributed by atoms with Crippen molar-refractivity contribution in [1.29, 1.82) is 0 Å². The molecule has 5 aromatic rings. The molecule has 0 fully saturated rings. The van der Waals surface area contributed by atoms with Crippen molar-refractivity contribution in [1.82, 2.24) is 0 Å². The summed E-state index contributed by atoms with van der Waals surface area (Å²) in [4.78, 5) is 2.27. The average Bonchev–Trinajstić information content (AvgIpc) is 2.91. The van der Waals surface area contributed by atoms with Crippen LogP contribution in [0.3, 0.4) is 0 Å². The van der Waals surface area contributed by atoms with Crippen molar-refractivity contribution in [3.8, 4) is 0 Å². The maximum absolute atomic E-state index is 2.40. The molecule has 6 rings (SSSR count). The molecule has 0 bridgehead atoms. The number of benzene rings is 5. The van der Waals surface area contributed by atoms with Crippen LogP contribution in [0.2, 0.25) is 0 Å². The van der Waals surface area contributed by atoms with Gasteiger partial charge in [0.2, 0.25) is 6.71 Å². The molecule has 0 atom stereocenters.